The zero-order valence-electron chi connectivity index (χ0n) is 10.6. The van der Waals surface area contributed by atoms with Crippen LogP contribution in [-0.4, -0.2) is 62.2 Å². The average Bonchev–Trinajstić information content (AvgIpc) is 2.90. The van der Waals surface area contributed by atoms with Crippen LogP contribution in [0.1, 0.15) is 17.8 Å². The predicted octanol–water partition coefficient (Wildman–Crippen LogP) is 0.00142. The monoisotopic (exact) mass is 291 g/mol. The molecule has 1 aromatic heterocycles. The van der Waals surface area contributed by atoms with Crippen molar-refractivity contribution in [2.75, 3.05) is 19.7 Å². The number of aromatic amines is 1. The zero-order chi connectivity index (χ0) is 14.5. The molecule has 0 radical (unpaired) electrons. The summed E-state index contributed by atoms with van der Waals surface area (Å²) in [4.78, 5) is 10.4. The largest absolute Gasteiger partial charge is 0.483 e. The van der Waals surface area contributed by atoms with Gasteiger partial charge in [0, 0.05) is 19.6 Å². The Kier molecular flexibility index (Phi) is 5.74. The van der Waals surface area contributed by atoms with E-state index >= 15 is 0 Å². The SMILES string of the molecule is Cc1[nH]nc(CN2CCC(O)(CO)C2)c1Cl.O=CO. The van der Waals surface area contributed by atoms with Crippen molar-refractivity contribution >= 4 is 18.1 Å². The van der Waals surface area contributed by atoms with Gasteiger partial charge in [0.2, 0.25) is 0 Å². The summed E-state index contributed by atoms with van der Waals surface area (Å²) in [5, 5.41) is 33.4. The fourth-order valence-electron chi connectivity index (χ4n) is 1.99. The number of halogens is 1. The number of aromatic nitrogens is 2. The fourth-order valence-corrected chi connectivity index (χ4v) is 2.13. The molecule has 7 nitrogen and oxygen atoms in total. The van der Waals surface area contributed by atoms with E-state index in [1.165, 1.54) is 0 Å². The Labute approximate surface area is 115 Å². The van der Waals surface area contributed by atoms with Crippen LogP contribution >= 0.6 is 11.6 Å². The molecular weight excluding hydrogens is 274 g/mol. The maximum atomic E-state index is 9.87. The van der Waals surface area contributed by atoms with Gasteiger partial charge in [0.25, 0.3) is 6.47 Å². The minimum atomic E-state index is -0.960. The summed E-state index contributed by atoms with van der Waals surface area (Å²) in [6.45, 7) is 3.24. The van der Waals surface area contributed by atoms with Gasteiger partial charge in [-0.15, -0.1) is 0 Å². The van der Waals surface area contributed by atoms with Crippen LogP contribution in [0.3, 0.4) is 0 Å². The first-order valence-electron chi connectivity index (χ1n) is 5.78. The molecular formula is C11H18ClN3O4. The molecule has 0 amide bonds. The van der Waals surface area contributed by atoms with E-state index < -0.39 is 5.60 Å². The standard InChI is InChI=1S/C10H16ClN3O2.CH2O2/c1-7-9(11)8(13-12-7)4-14-3-2-10(16,5-14)6-15;2-1-3/h15-16H,2-6H2,1H3,(H,12,13);1H,(H,2,3). The second-order valence-electron chi connectivity index (χ2n) is 4.56. The van der Waals surface area contributed by atoms with E-state index in [0.717, 1.165) is 17.9 Å². The lowest BCUT2D eigenvalue weighted by atomic mass is 10.1. The maximum absolute atomic E-state index is 9.87. The molecule has 1 aliphatic rings. The van der Waals surface area contributed by atoms with Gasteiger partial charge in [0.1, 0.15) is 5.60 Å². The maximum Gasteiger partial charge on any atom is 0.290 e. The minimum Gasteiger partial charge on any atom is -0.483 e. The summed E-state index contributed by atoms with van der Waals surface area (Å²) in [5.41, 5.74) is 0.687. The van der Waals surface area contributed by atoms with Gasteiger partial charge in [-0.3, -0.25) is 14.8 Å². The number of hydrogen-bond acceptors (Lipinski definition) is 5. The predicted molar refractivity (Wildman–Crippen MR) is 69.0 cm³/mol. The van der Waals surface area contributed by atoms with E-state index in [-0.39, 0.29) is 13.1 Å². The van der Waals surface area contributed by atoms with Crippen molar-refractivity contribution < 1.29 is 20.1 Å². The van der Waals surface area contributed by atoms with Crippen molar-refractivity contribution in [3.8, 4) is 0 Å². The van der Waals surface area contributed by atoms with Crippen LogP contribution in [-0.2, 0) is 11.3 Å². The molecule has 108 valence electrons. The van der Waals surface area contributed by atoms with Crippen molar-refractivity contribution in [2.45, 2.75) is 25.5 Å². The number of carbonyl (C=O) groups is 1. The number of nitrogens with zero attached hydrogens (tertiary/aromatic N) is 2. The third-order valence-corrected chi connectivity index (χ3v) is 3.52. The van der Waals surface area contributed by atoms with Crippen LogP contribution in [0.25, 0.3) is 0 Å². The van der Waals surface area contributed by atoms with Crippen LogP contribution in [0.4, 0.5) is 0 Å². The van der Waals surface area contributed by atoms with E-state index in [0.29, 0.717) is 24.5 Å². The van der Waals surface area contributed by atoms with Gasteiger partial charge in [0.15, 0.2) is 0 Å². The molecule has 0 aromatic carbocycles. The molecule has 0 aliphatic carbocycles. The third kappa shape index (κ3) is 4.17. The lowest BCUT2D eigenvalue weighted by Gasteiger charge is -2.20. The molecule has 1 aromatic rings. The summed E-state index contributed by atoms with van der Waals surface area (Å²) in [5.74, 6) is 0. The van der Waals surface area contributed by atoms with Crippen LogP contribution < -0.4 is 0 Å². The van der Waals surface area contributed by atoms with Crippen molar-refractivity contribution in [2.24, 2.45) is 0 Å². The van der Waals surface area contributed by atoms with E-state index in [1.54, 1.807) is 0 Å². The Hall–Kier alpha value is -1.15. The van der Waals surface area contributed by atoms with E-state index in [9.17, 15) is 5.11 Å². The molecule has 2 heterocycles. The normalized spacial score (nSPS) is 22.9. The molecule has 1 fully saturated rings. The topological polar surface area (TPSA) is 110 Å². The number of hydrogen-bond donors (Lipinski definition) is 4. The third-order valence-electron chi connectivity index (χ3n) is 3.02. The summed E-state index contributed by atoms with van der Waals surface area (Å²) >= 11 is 6.06. The number of aryl methyl sites for hydroxylation is 1. The van der Waals surface area contributed by atoms with Crippen molar-refractivity contribution in [3.05, 3.63) is 16.4 Å². The first-order chi connectivity index (χ1) is 8.95. The number of aliphatic hydroxyl groups excluding tert-OH is 1. The first-order valence-corrected chi connectivity index (χ1v) is 6.16. The van der Waals surface area contributed by atoms with Gasteiger partial charge >= 0.3 is 0 Å². The minimum absolute atomic E-state index is 0.198. The number of carboxylic acid groups (broad SMARTS) is 1. The van der Waals surface area contributed by atoms with Gasteiger partial charge in [-0.1, -0.05) is 11.6 Å². The summed E-state index contributed by atoms with van der Waals surface area (Å²) in [6.07, 6.45) is 0.588. The van der Waals surface area contributed by atoms with Crippen molar-refractivity contribution in [3.63, 3.8) is 0 Å². The average molecular weight is 292 g/mol. The number of nitrogens with one attached hydrogen (secondary N) is 1. The highest BCUT2D eigenvalue weighted by atomic mass is 35.5. The Morgan fingerprint density at radius 3 is 2.68 bits per heavy atom. The lowest BCUT2D eigenvalue weighted by molar-refractivity contribution is -0.122. The fraction of sp³-hybridized carbons (Fsp3) is 0.636. The number of likely N-dealkylation sites (tertiary alicyclic amines) is 1. The molecule has 1 saturated heterocycles. The van der Waals surface area contributed by atoms with E-state index in [1.807, 2.05) is 11.8 Å². The molecule has 2 rings (SSSR count). The Bertz CT molecular complexity index is 426. The molecule has 4 N–H and O–H groups in total. The number of aliphatic hydroxyl groups is 2. The number of β-amino-alcohol motifs (C(OH)–C–C–N with tert-alkyl or cyclic N) is 1. The zero-order valence-corrected chi connectivity index (χ0v) is 11.4. The molecule has 0 spiro atoms. The highest BCUT2D eigenvalue weighted by Crippen LogP contribution is 2.24. The summed E-state index contributed by atoms with van der Waals surface area (Å²) in [7, 11) is 0. The number of H-pyrrole nitrogens is 1. The van der Waals surface area contributed by atoms with E-state index in [4.69, 9.17) is 26.6 Å². The lowest BCUT2D eigenvalue weighted by Crippen LogP contribution is -2.36. The molecule has 8 heteroatoms. The molecule has 1 aliphatic heterocycles. The van der Waals surface area contributed by atoms with Gasteiger partial charge in [-0.25, -0.2) is 0 Å². The molecule has 0 saturated carbocycles. The van der Waals surface area contributed by atoms with Crippen LogP contribution in [0.15, 0.2) is 0 Å². The van der Waals surface area contributed by atoms with Gasteiger partial charge in [-0.2, -0.15) is 5.10 Å². The van der Waals surface area contributed by atoms with Crippen LogP contribution in [0.5, 0.6) is 0 Å². The Morgan fingerprint density at radius 2 is 2.26 bits per heavy atom. The van der Waals surface area contributed by atoms with Crippen LogP contribution in [0, 0.1) is 6.92 Å². The summed E-state index contributed by atoms with van der Waals surface area (Å²) in [6, 6.07) is 0. The second kappa shape index (κ2) is 6.85. The van der Waals surface area contributed by atoms with Crippen molar-refractivity contribution in [1.82, 2.24) is 15.1 Å². The Balaban J connectivity index is 0.000000550. The second-order valence-corrected chi connectivity index (χ2v) is 4.94. The molecule has 1 unspecified atom stereocenters. The van der Waals surface area contributed by atoms with Gasteiger partial charge < -0.3 is 15.3 Å². The highest BCUT2D eigenvalue weighted by molar-refractivity contribution is 6.31. The molecule has 0 bridgehead atoms. The highest BCUT2D eigenvalue weighted by Gasteiger charge is 2.35. The van der Waals surface area contributed by atoms with Crippen molar-refractivity contribution in [1.29, 1.82) is 0 Å². The Morgan fingerprint density at radius 1 is 1.63 bits per heavy atom. The molecule has 19 heavy (non-hydrogen) atoms. The first kappa shape index (κ1) is 15.9. The van der Waals surface area contributed by atoms with Gasteiger partial charge in [0.05, 0.1) is 23.0 Å². The molecule has 1 atom stereocenters. The van der Waals surface area contributed by atoms with Gasteiger partial charge in [-0.05, 0) is 13.3 Å². The smallest absolute Gasteiger partial charge is 0.290 e. The van der Waals surface area contributed by atoms with Crippen LogP contribution in [0.2, 0.25) is 5.02 Å². The quantitative estimate of drug-likeness (QED) is 0.584. The summed E-state index contributed by atoms with van der Waals surface area (Å²) < 4.78 is 0. The number of rotatable bonds is 3. The van der Waals surface area contributed by atoms with E-state index in [2.05, 4.69) is 10.2 Å².